The molecule has 0 aliphatic heterocycles. The highest BCUT2D eigenvalue weighted by molar-refractivity contribution is 9.10. The largest absolute Gasteiger partial charge is 0.390 e. The Hall–Kier alpha value is -2.06. The maximum absolute atomic E-state index is 11.9. The number of carbonyl (C=O) groups excluding carboxylic acids is 2. The number of halogens is 1. The molecule has 104 valence electrons. The highest BCUT2D eigenvalue weighted by Crippen LogP contribution is 2.15. The van der Waals surface area contributed by atoms with Gasteiger partial charge in [-0.2, -0.15) is 0 Å². The van der Waals surface area contributed by atoms with Crippen molar-refractivity contribution in [2.24, 2.45) is 0 Å². The molecule has 8 heteroatoms. The standard InChI is InChI=1S/C12H11BrN4O3/c13-10-4-2-1-3-9(10)12(20)14-11(19)6-17-5-8(7-18)15-16-17/h1-5,18H,6-7H2,(H,14,19,20). The van der Waals surface area contributed by atoms with Crippen molar-refractivity contribution < 1.29 is 14.7 Å². The summed E-state index contributed by atoms with van der Waals surface area (Å²) in [6.07, 6.45) is 1.43. The molecule has 0 bridgehead atoms. The van der Waals surface area contributed by atoms with Gasteiger partial charge in [0.1, 0.15) is 12.2 Å². The second-order valence-electron chi connectivity index (χ2n) is 3.92. The van der Waals surface area contributed by atoms with Gasteiger partial charge in [0.2, 0.25) is 5.91 Å². The summed E-state index contributed by atoms with van der Waals surface area (Å²) in [7, 11) is 0. The number of rotatable bonds is 4. The second kappa shape index (κ2) is 6.40. The number of nitrogens with zero attached hydrogens (tertiary/aromatic N) is 3. The molecule has 0 fully saturated rings. The number of nitrogens with one attached hydrogen (secondary N) is 1. The van der Waals surface area contributed by atoms with Crippen molar-refractivity contribution in [3.63, 3.8) is 0 Å². The molecule has 2 rings (SSSR count). The predicted octanol–water partition coefficient (Wildman–Crippen LogP) is 0.489. The van der Waals surface area contributed by atoms with Gasteiger partial charge < -0.3 is 5.11 Å². The predicted molar refractivity (Wildman–Crippen MR) is 72.6 cm³/mol. The number of aliphatic hydroxyl groups is 1. The lowest BCUT2D eigenvalue weighted by atomic mass is 10.2. The van der Waals surface area contributed by atoms with Crippen molar-refractivity contribution in [3.8, 4) is 0 Å². The van der Waals surface area contributed by atoms with Gasteiger partial charge in [0.15, 0.2) is 0 Å². The third-order valence-corrected chi connectivity index (χ3v) is 3.12. The molecule has 2 N–H and O–H groups in total. The number of amides is 2. The Balaban J connectivity index is 1.98. The Morgan fingerprint density at radius 2 is 2.10 bits per heavy atom. The van der Waals surface area contributed by atoms with Crippen molar-refractivity contribution >= 4 is 27.7 Å². The van der Waals surface area contributed by atoms with Crippen molar-refractivity contribution in [1.82, 2.24) is 20.3 Å². The van der Waals surface area contributed by atoms with E-state index in [9.17, 15) is 9.59 Å². The maximum Gasteiger partial charge on any atom is 0.259 e. The summed E-state index contributed by atoms with van der Waals surface area (Å²) in [5, 5.41) is 18.4. The van der Waals surface area contributed by atoms with Gasteiger partial charge in [-0.15, -0.1) is 5.10 Å². The third-order valence-electron chi connectivity index (χ3n) is 2.43. The molecule has 20 heavy (non-hydrogen) atoms. The Labute approximate surface area is 122 Å². The molecule has 0 aliphatic rings. The van der Waals surface area contributed by atoms with Crippen molar-refractivity contribution in [1.29, 1.82) is 0 Å². The minimum atomic E-state index is -0.514. The van der Waals surface area contributed by atoms with Gasteiger partial charge in [0, 0.05) is 4.47 Å². The number of aliphatic hydroxyl groups excluding tert-OH is 1. The summed E-state index contributed by atoms with van der Waals surface area (Å²) in [4.78, 5) is 23.6. The lowest BCUT2D eigenvalue weighted by molar-refractivity contribution is -0.120. The van der Waals surface area contributed by atoms with E-state index in [0.29, 0.717) is 15.7 Å². The normalized spacial score (nSPS) is 10.3. The summed E-state index contributed by atoms with van der Waals surface area (Å²) in [5.41, 5.74) is 0.727. The third kappa shape index (κ3) is 3.49. The molecule has 0 atom stereocenters. The Kier molecular flexibility index (Phi) is 4.59. The van der Waals surface area contributed by atoms with E-state index in [1.807, 2.05) is 0 Å². The summed E-state index contributed by atoms with van der Waals surface area (Å²) >= 11 is 3.24. The van der Waals surface area contributed by atoms with E-state index in [4.69, 9.17) is 5.11 Å². The molecule has 0 aliphatic carbocycles. The summed E-state index contributed by atoms with van der Waals surface area (Å²) < 4.78 is 1.85. The quantitative estimate of drug-likeness (QED) is 0.845. The summed E-state index contributed by atoms with van der Waals surface area (Å²) in [5.74, 6) is -1.01. The average Bonchev–Trinajstić information content (AvgIpc) is 2.86. The summed E-state index contributed by atoms with van der Waals surface area (Å²) in [6.45, 7) is -0.402. The first kappa shape index (κ1) is 14.4. The molecule has 0 saturated carbocycles. The molecule has 2 amide bonds. The van der Waals surface area contributed by atoms with Gasteiger partial charge in [-0.1, -0.05) is 17.3 Å². The van der Waals surface area contributed by atoms with Crippen LogP contribution in [-0.4, -0.2) is 31.9 Å². The van der Waals surface area contributed by atoms with E-state index in [-0.39, 0.29) is 13.2 Å². The molecule has 1 aromatic heterocycles. The SMILES string of the molecule is O=C(Cn1cc(CO)nn1)NC(=O)c1ccccc1Br. The van der Waals surface area contributed by atoms with Crippen LogP contribution < -0.4 is 5.32 Å². The molecule has 0 unspecified atom stereocenters. The van der Waals surface area contributed by atoms with Crippen LogP contribution in [0.25, 0.3) is 0 Å². The monoisotopic (exact) mass is 338 g/mol. The minimum Gasteiger partial charge on any atom is -0.390 e. The van der Waals surface area contributed by atoms with E-state index in [1.165, 1.54) is 10.9 Å². The first-order chi connectivity index (χ1) is 9.60. The van der Waals surface area contributed by atoms with E-state index in [2.05, 4.69) is 31.6 Å². The van der Waals surface area contributed by atoms with Crippen LogP contribution in [0.15, 0.2) is 34.9 Å². The fourth-order valence-electron chi connectivity index (χ4n) is 1.51. The van der Waals surface area contributed by atoms with E-state index >= 15 is 0 Å². The van der Waals surface area contributed by atoms with E-state index in [1.54, 1.807) is 24.3 Å². The van der Waals surface area contributed by atoms with Crippen molar-refractivity contribution in [2.75, 3.05) is 0 Å². The zero-order valence-corrected chi connectivity index (χ0v) is 11.9. The molecule has 1 aromatic carbocycles. The molecular weight excluding hydrogens is 328 g/mol. The topological polar surface area (TPSA) is 97.1 Å². The van der Waals surface area contributed by atoms with Gasteiger partial charge in [0.05, 0.1) is 18.4 Å². The van der Waals surface area contributed by atoms with Crippen LogP contribution in [-0.2, 0) is 17.9 Å². The molecule has 0 spiro atoms. The number of hydrogen-bond donors (Lipinski definition) is 2. The highest BCUT2D eigenvalue weighted by Gasteiger charge is 2.13. The zero-order valence-electron chi connectivity index (χ0n) is 10.3. The van der Waals surface area contributed by atoms with E-state index < -0.39 is 11.8 Å². The highest BCUT2D eigenvalue weighted by atomic mass is 79.9. The van der Waals surface area contributed by atoms with Gasteiger partial charge in [-0.05, 0) is 28.1 Å². The molecular formula is C12H11BrN4O3. The van der Waals surface area contributed by atoms with Crippen LogP contribution in [0.3, 0.4) is 0 Å². The zero-order chi connectivity index (χ0) is 14.5. The first-order valence-corrected chi connectivity index (χ1v) is 6.48. The van der Waals surface area contributed by atoms with Gasteiger partial charge in [-0.25, -0.2) is 4.68 Å². The molecule has 2 aromatic rings. The van der Waals surface area contributed by atoms with Crippen molar-refractivity contribution in [3.05, 3.63) is 46.2 Å². The van der Waals surface area contributed by atoms with Crippen LogP contribution in [0.1, 0.15) is 16.1 Å². The smallest absolute Gasteiger partial charge is 0.259 e. The molecule has 0 saturated heterocycles. The van der Waals surface area contributed by atoms with Crippen LogP contribution in [0.4, 0.5) is 0 Å². The Morgan fingerprint density at radius 1 is 1.35 bits per heavy atom. The average molecular weight is 339 g/mol. The fourth-order valence-corrected chi connectivity index (χ4v) is 1.98. The minimum absolute atomic E-state index is 0.150. The van der Waals surface area contributed by atoms with Gasteiger partial charge in [0.25, 0.3) is 5.91 Å². The van der Waals surface area contributed by atoms with Crippen molar-refractivity contribution in [2.45, 2.75) is 13.2 Å². The van der Waals surface area contributed by atoms with Gasteiger partial charge in [-0.3, -0.25) is 14.9 Å². The maximum atomic E-state index is 11.9. The first-order valence-electron chi connectivity index (χ1n) is 5.68. The number of imide groups is 1. The van der Waals surface area contributed by atoms with Crippen LogP contribution in [0.2, 0.25) is 0 Å². The number of aromatic nitrogens is 3. The van der Waals surface area contributed by atoms with Crippen LogP contribution in [0.5, 0.6) is 0 Å². The molecule has 7 nitrogen and oxygen atoms in total. The van der Waals surface area contributed by atoms with E-state index in [0.717, 1.165) is 0 Å². The lowest BCUT2D eigenvalue weighted by Gasteiger charge is -2.05. The Morgan fingerprint density at radius 3 is 2.75 bits per heavy atom. The second-order valence-corrected chi connectivity index (χ2v) is 4.78. The number of benzene rings is 1. The van der Waals surface area contributed by atoms with Crippen LogP contribution >= 0.6 is 15.9 Å². The summed E-state index contributed by atoms with van der Waals surface area (Å²) in [6, 6.07) is 6.79. The van der Waals surface area contributed by atoms with Crippen LogP contribution in [0, 0.1) is 0 Å². The lowest BCUT2D eigenvalue weighted by Crippen LogP contribution is -2.33. The molecule has 0 radical (unpaired) electrons. The molecule has 1 heterocycles. The number of carbonyl (C=O) groups is 2. The fraction of sp³-hybridized carbons (Fsp3) is 0.167. The Bertz CT molecular complexity index is 641. The van der Waals surface area contributed by atoms with Gasteiger partial charge >= 0.3 is 0 Å². The number of hydrogen-bond acceptors (Lipinski definition) is 5.